The normalized spacial score (nSPS) is 11.5. The molecule has 4 N–H and O–H groups in total. The topological polar surface area (TPSA) is 170 Å². The zero-order chi connectivity index (χ0) is 33.7. The van der Waals surface area contributed by atoms with E-state index in [1.807, 2.05) is 77.6 Å². The van der Waals surface area contributed by atoms with Gasteiger partial charge in [-0.05, 0) is 131 Å². The SMILES string of the molecule is CC(=O)c1cc(I)cc(S(=O)(=O)NC(=O)Nc2c(C(C)C)cc(Cl)cc2C(C)C)c1.CC(=O)c1cc(I)cc(S(N)(=O)=O)c1. The maximum absolute atomic E-state index is 12.7. The third kappa shape index (κ3) is 10.8. The highest BCUT2D eigenvalue weighted by Crippen LogP contribution is 2.35. The number of urea groups is 1. The van der Waals surface area contributed by atoms with Crippen LogP contribution in [0.3, 0.4) is 0 Å². The minimum Gasteiger partial charge on any atom is -0.307 e. The lowest BCUT2D eigenvalue weighted by atomic mass is 9.92. The van der Waals surface area contributed by atoms with Crippen LogP contribution >= 0.6 is 56.8 Å². The number of rotatable bonds is 8. The van der Waals surface area contributed by atoms with Crippen LogP contribution in [0.1, 0.15) is 85.2 Å². The lowest BCUT2D eigenvalue weighted by Crippen LogP contribution is -2.35. The molecule has 0 aliphatic heterocycles. The van der Waals surface area contributed by atoms with Crippen LogP contribution in [0.2, 0.25) is 5.02 Å². The second-order valence-electron chi connectivity index (χ2n) is 10.3. The number of nitrogens with one attached hydrogen (secondary N) is 2. The Hall–Kier alpha value is -2.12. The molecular weight excluding hydrogens is 856 g/mol. The summed E-state index contributed by atoms with van der Waals surface area (Å²) in [6.07, 6.45) is 0. The predicted molar refractivity (Wildman–Crippen MR) is 189 cm³/mol. The van der Waals surface area contributed by atoms with Gasteiger partial charge in [-0.2, -0.15) is 0 Å². The van der Waals surface area contributed by atoms with Gasteiger partial charge in [0.1, 0.15) is 0 Å². The van der Waals surface area contributed by atoms with E-state index in [2.05, 4.69) is 5.32 Å². The largest absolute Gasteiger partial charge is 0.333 e. The fourth-order valence-electron chi connectivity index (χ4n) is 3.88. The van der Waals surface area contributed by atoms with Crippen molar-refractivity contribution in [2.75, 3.05) is 5.32 Å². The van der Waals surface area contributed by atoms with Crippen LogP contribution in [-0.4, -0.2) is 34.4 Å². The van der Waals surface area contributed by atoms with Gasteiger partial charge in [0, 0.05) is 29.0 Å². The molecule has 0 unspecified atom stereocenters. The van der Waals surface area contributed by atoms with Gasteiger partial charge in [-0.15, -0.1) is 0 Å². The summed E-state index contributed by atoms with van der Waals surface area (Å²) in [6.45, 7) is 10.6. The van der Waals surface area contributed by atoms with Gasteiger partial charge in [-0.1, -0.05) is 39.3 Å². The summed E-state index contributed by atoms with van der Waals surface area (Å²) in [4.78, 5) is 35.1. The van der Waals surface area contributed by atoms with Crippen LogP contribution in [-0.2, 0) is 20.0 Å². The Morgan fingerprint density at radius 3 is 1.52 bits per heavy atom. The van der Waals surface area contributed by atoms with Crippen molar-refractivity contribution in [1.82, 2.24) is 4.72 Å². The van der Waals surface area contributed by atoms with E-state index >= 15 is 0 Å². The first kappa shape index (κ1) is 38.1. The maximum atomic E-state index is 12.7. The molecule has 44 heavy (non-hydrogen) atoms. The Labute approximate surface area is 290 Å². The molecule has 0 saturated carbocycles. The van der Waals surface area contributed by atoms with E-state index in [1.165, 1.54) is 38.1 Å². The summed E-state index contributed by atoms with van der Waals surface area (Å²) in [6, 6.07) is 11.2. The van der Waals surface area contributed by atoms with Gasteiger partial charge in [0.15, 0.2) is 11.6 Å². The molecule has 2 amide bonds. The Morgan fingerprint density at radius 2 is 1.14 bits per heavy atom. The molecular formula is C29H32ClI2N3O7S2. The third-order valence-electron chi connectivity index (χ3n) is 6.07. The van der Waals surface area contributed by atoms with E-state index in [0.717, 1.165) is 11.1 Å². The summed E-state index contributed by atoms with van der Waals surface area (Å²) in [5.74, 6) is -0.337. The molecule has 238 valence electrons. The van der Waals surface area contributed by atoms with Crippen LogP contribution in [0.15, 0.2) is 58.3 Å². The molecule has 3 aromatic rings. The molecule has 0 aliphatic carbocycles. The molecule has 0 fully saturated rings. The number of Topliss-reactive ketones (excluding diaryl/α,β-unsaturated/α-hetero) is 2. The number of sulfonamides is 2. The zero-order valence-electron chi connectivity index (χ0n) is 24.7. The Morgan fingerprint density at radius 1 is 0.727 bits per heavy atom. The molecule has 0 radical (unpaired) electrons. The summed E-state index contributed by atoms with van der Waals surface area (Å²) in [5, 5.41) is 8.19. The number of amides is 2. The minimum atomic E-state index is -4.18. The van der Waals surface area contributed by atoms with Crippen LogP contribution in [0.4, 0.5) is 10.5 Å². The number of primary sulfonamides is 1. The number of hydrogen-bond acceptors (Lipinski definition) is 7. The van der Waals surface area contributed by atoms with Crippen LogP contribution in [0.25, 0.3) is 0 Å². The van der Waals surface area contributed by atoms with Crippen molar-refractivity contribution in [1.29, 1.82) is 0 Å². The number of carbonyl (C=O) groups is 3. The average molecular weight is 888 g/mol. The monoisotopic (exact) mass is 887 g/mol. The number of halogens is 3. The fourth-order valence-corrected chi connectivity index (χ4v) is 7.44. The lowest BCUT2D eigenvalue weighted by molar-refractivity contribution is 0.100. The summed E-state index contributed by atoms with van der Waals surface area (Å²) < 4.78 is 50.8. The highest BCUT2D eigenvalue weighted by atomic mass is 127. The Kier molecular flexibility index (Phi) is 13.4. The Bertz CT molecular complexity index is 1800. The van der Waals surface area contributed by atoms with Crippen LogP contribution < -0.4 is 15.2 Å². The van der Waals surface area contributed by atoms with E-state index in [4.69, 9.17) is 16.7 Å². The van der Waals surface area contributed by atoms with Crippen molar-refractivity contribution in [3.8, 4) is 0 Å². The molecule has 15 heteroatoms. The first-order chi connectivity index (χ1) is 20.1. The second kappa shape index (κ2) is 15.4. The number of carbonyl (C=O) groups excluding carboxylic acids is 3. The van der Waals surface area contributed by atoms with Crippen molar-refractivity contribution in [2.45, 2.75) is 63.2 Å². The molecule has 0 saturated heterocycles. The molecule has 0 atom stereocenters. The fraction of sp³-hybridized carbons (Fsp3) is 0.276. The molecule has 0 heterocycles. The van der Waals surface area contributed by atoms with Crippen molar-refractivity contribution < 1.29 is 31.2 Å². The quantitative estimate of drug-likeness (QED) is 0.161. The smallest absolute Gasteiger partial charge is 0.307 e. The van der Waals surface area contributed by atoms with Gasteiger partial charge in [0.05, 0.1) is 9.79 Å². The summed E-state index contributed by atoms with van der Waals surface area (Å²) in [7, 11) is -7.92. The standard InChI is InChI=1S/C21H24ClIN2O4S.C8H8INO3S/c1-11(2)18-8-15(22)9-19(12(3)4)20(18)24-21(27)25-30(28,29)17-7-14(13(5)26)6-16(23)10-17;1-5(11)6-2-7(9)4-8(3-6)14(10,12)13/h6-12H,1-5H3,(H2,24,25,27);2-4H,1H3,(H2,10,12,13). The van der Waals surface area contributed by atoms with E-state index in [-0.39, 0.29) is 38.8 Å². The predicted octanol–water partition coefficient (Wildman–Crippen LogP) is 7.05. The number of hydrogen-bond donors (Lipinski definition) is 3. The third-order valence-corrected chi connectivity index (χ3v) is 9.74. The molecule has 10 nitrogen and oxygen atoms in total. The first-order valence-electron chi connectivity index (χ1n) is 12.9. The number of nitrogens with two attached hydrogens (primary N) is 1. The maximum Gasteiger partial charge on any atom is 0.333 e. The van der Waals surface area contributed by atoms with Crippen molar-refractivity contribution in [3.63, 3.8) is 0 Å². The zero-order valence-corrected chi connectivity index (χ0v) is 31.4. The van der Waals surface area contributed by atoms with Gasteiger partial charge < -0.3 is 5.32 Å². The molecule has 0 aromatic heterocycles. The van der Waals surface area contributed by atoms with Crippen molar-refractivity contribution in [3.05, 3.63) is 82.9 Å². The highest BCUT2D eigenvalue weighted by Gasteiger charge is 2.23. The van der Waals surface area contributed by atoms with Gasteiger partial charge in [-0.3, -0.25) is 9.59 Å². The van der Waals surface area contributed by atoms with Crippen LogP contribution in [0, 0.1) is 7.14 Å². The lowest BCUT2D eigenvalue weighted by Gasteiger charge is -2.21. The minimum absolute atomic E-state index is 0.0328. The summed E-state index contributed by atoms with van der Waals surface area (Å²) in [5.41, 5.74) is 2.77. The Balaban J connectivity index is 0.000000402. The number of benzene rings is 3. The van der Waals surface area contributed by atoms with Crippen LogP contribution in [0.5, 0.6) is 0 Å². The van der Waals surface area contributed by atoms with Gasteiger partial charge in [0.2, 0.25) is 10.0 Å². The van der Waals surface area contributed by atoms with Gasteiger partial charge in [-0.25, -0.2) is 31.5 Å². The second-order valence-corrected chi connectivity index (χ2v) is 16.5. The molecule has 0 aliphatic rings. The van der Waals surface area contributed by atoms with Crippen molar-refractivity contribution >= 4 is 100 Å². The summed E-state index contributed by atoms with van der Waals surface area (Å²) >= 11 is 10.1. The number of ketones is 2. The number of anilines is 1. The van der Waals surface area contributed by atoms with E-state index in [0.29, 0.717) is 23.4 Å². The van der Waals surface area contributed by atoms with Crippen molar-refractivity contribution in [2.24, 2.45) is 5.14 Å². The highest BCUT2D eigenvalue weighted by molar-refractivity contribution is 14.1. The molecule has 3 rings (SSSR count). The van der Waals surface area contributed by atoms with Gasteiger partial charge >= 0.3 is 6.03 Å². The molecule has 3 aromatic carbocycles. The van der Waals surface area contributed by atoms with E-state index in [9.17, 15) is 31.2 Å². The van der Waals surface area contributed by atoms with Gasteiger partial charge in [0.25, 0.3) is 10.0 Å². The van der Waals surface area contributed by atoms with E-state index in [1.54, 1.807) is 24.3 Å². The molecule has 0 bridgehead atoms. The van der Waals surface area contributed by atoms with E-state index < -0.39 is 26.1 Å². The average Bonchev–Trinajstić information content (AvgIpc) is 2.88. The first-order valence-corrected chi connectivity index (χ1v) is 18.5. The molecule has 0 spiro atoms.